The van der Waals surface area contributed by atoms with E-state index in [4.69, 9.17) is 4.98 Å². The van der Waals surface area contributed by atoms with Gasteiger partial charge >= 0.3 is 0 Å². The molecule has 3 nitrogen and oxygen atoms in total. The predicted octanol–water partition coefficient (Wildman–Crippen LogP) is 3.10. The maximum absolute atomic E-state index is 4.83. The van der Waals surface area contributed by atoms with Crippen LogP contribution in [0.5, 0.6) is 0 Å². The number of nitrogens with one attached hydrogen (secondary N) is 1. The Labute approximate surface area is 115 Å². The van der Waals surface area contributed by atoms with E-state index in [1.54, 1.807) is 11.3 Å². The molecule has 1 atom stereocenters. The number of aromatic nitrogens is 2. The van der Waals surface area contributed by atoms with Crippen molar-refractivity contribution in [1.82, 2.24) is 15.3 Å². The molecule has 2 aromatic heterocycles. The van der Waals surface area contributed by atoms with Gasteiger partial charge in [-0.1, -0.05) is 0 Å². The molecular weight excluding hydrogens is 262 g/mol. The van der Waals surface area contributed by atoms with E-state index in [2.05, 4.69) is 15.7 Å². The molecule has 1 unspecified atom stereocenters. The highest BCUT2D eigenvalue weighted by Gasteiger charge is 2.22. The lowest BCUT2D eigenvalue weighted by atomic mass is 10.0. The quantitative estimate of drug-likeness (QED) is 0.938. The van der Waals surface area contributed by atoms with Gasteiger partial charge < -0.3 is 5.32 Å². The Morgan fingerprint density at radius 3 is 2.78 bits per heavy atom. The van der Waals surface area contributed by atoms with Crippen LogP contribution < -0.4 is 5.32 Å². The normalized spacial score (nSPS) is 16.6. The van der Waals surface area contributed by atoms with Gasteiger partial charge in [0.15, 0.2) is 0 Å². The van der Waals surface area contributed by atoms with Crippen LogP contribution in [0.15, 0.2) is 5.38 Å². The fourth-order valence-electron chi connectivity index (χ4n) is 2.41. The first-order chi connectivity index (χ1) is 8.78. The van der Waals surface area contributed by atoms with Gasteiger partial charge in [0.2, 0.25) is 0 Å². The zero-order valence-electron chi connectivity index (χ0n) is 10.7. The van der Waals surface area contributed by atoms with Gasteiger partial charge in [-0.3, -0.25) is 0 Å². The van der Waals surface area contributed by atoms with Crippen molar-refractivity contribution in [2.45, 2.75) is 38.6 Å². The van der Waals surface area contributed by atoms with E-state index in [1.165, 1.54) is 34.8 Å². The molecule has 2 heterocycles. The molecule has 0 bridgehead atoms. The minimum atomic E-state index is 0.158. The summed E-state index contributed by atoms with van der Waals surface area (Å²) in [6, 6.07) is 0.158. The number of thiazole rings is 2. The molecule has 0 amide bonds. The van der Waals surface area contributed by atoms with Crippen LogP contribution in [0.1, 0.15) is 45.2 Å². The fourth-order valence-corrected chi connectivity index (χ4v) is 4.32. The van der Waals surface area contributed by atoms with Gasteiger partial charge in [-0.2, -0.15) is 0 Å². The number of nitrogens with zero attached hydrogens (tertiary/aromatic N) is 2. The summed E-state index contributed by atoms with van der Waals surface area (Å²) >= 11 is 3.57. The van der Waals surface area contributed by atoms with Crippen molar-refractivity contribution in [3.05, 3.63) is 31.7 Å². The fraction of sp³-hybridized carbons (Fsp3) is 0.538. The third-order valence-electron chi connectivity index (χ3n) is 3.33. The van der Waals surface area contributed by atoms with Crippen LogP contribution in [0.3, 0.4) is 0 Å². The van der Waals surface area contributed by atoms with E-state index in [9.17, 15) is 0 Å². The molecule has 2 aromatic rings. The molecule has 0 spiro atoms. The van der Waals surface area contributed by atoms with Crippen molar-refractivity contribution >= 4 is 22.7 Å². The maximum Gasteiger partial charge on any atom is 0.116 e. The highest BCUT2D eigenvalue weighted by molar-refractivity contribution is 7.12. The van der Waals surface area contributed by atoms with Crippen molar-refractivity contribution < 1.29 is 0 Å². The summed E-state index contributed by atoms with van der Waals surface area (Å²) in [5, 5.41) is 7.78. The molecule has 1 aliphatic rings. The summed E-state index contributed by atoms with van der Waals surface area (Å²) in [6.07, 6.45) is 4.96. The maximum atomic E-state index is 4.83. The Bertz CT molecular complexity index is 521. The first kappa shape index (κ1) is 12.3. The summed E-state index contributed by atoms with van der Waals surface area (Å²) in [5.74, 6) is 0. The van der Waals surface area contributed by atoms with Crippen LogP contribution in [0.2, 0.25) is 0 Å². The zero-order chi connectivity index (χ0) is 12.5. The smallest absolute Gasteiger partial charge is 0.116 e. The topological polar surface area (TPSA) is 37.8 Å². The van der Waals surface area contributed by atoms with E-state index in [0.29, 0.717) is 0 Å². The zero-order valence-corrected chi connectivity index (χ0v) is 12.3. The van der Waals surface area contributed by atoms with Gasteiger partial charge in [-0.15, -0.1) is 22.7 Å². The standard InChI is InChI=1S/C13H17N3S2/c1-8-15-10(7-17-8)12(14-2)13-16-9-5-3-4-6-11(9)18-13/h7,12,14H,3-6H2,1-2H3. The second-order valence-electron chi connectivity index (χ2n) is 4.64. The molecule has 0 saturated heterocycles. The Balaban J connectivity index is 1.94. The van der Waals surface area contributed by atoms with E-state index in [1.807, 2.05) is 25.3 Å². The molecule has 3 rings (SSSR count). The monoisotopic (exact) mass is 279 g/mol. The van der Waals surface area contributed by atoms with Gasteiger partial charge in [0.25, 0.3) is 0 Å². The number of hydrogen-bond donors (Lipinski definition) is 1. The summed E-state index contributed by atoms with van der Waals surface area (Å²) in [5.41, 5.74) is 2.43. The molecule has 0 radical (unpaired) electrons. The van der Waals surface area contributed by atoms with Crippen molar-refractivity contribution in [3.63, 3.8) is 0 Å². The Hall–Kier alpha value is -0.780. The molecule has 5 heteroatoms. The third kappa shape index (κ3) is 2.22. The summed E-state index contributed by atoms with van der Waals surface area (Å²) < 4.78 is 0. The van der Waals surface area contributed by atoms with Crippen LogP contribution in [-0.4, -0.2) is 17.0 Å². The van der Waals surface area contributed by atoms with E-state index in [0.717, 1.165) is 17.1 Å². The minimum absolute atomic E-state index is 0.158. The average Bonchev–Trinajstić information content (AvgIpc) is 2.96. The molecule has 1 N–H and O–H groups in total. The van der Waals surface area contributed by atoms with Gasteiger partial charge in [0.05, 0.1) is 16.4 Å². The van der Waals surface area contributed by atoms with Crippen molar-refractivity contribution in [3.8, 4) is 0 Å². The molecule has 0 aromatic carbocycles. The van der Waals surface area contributed by atoms with Crippen LogP contribution in [0.4, 0.5) is 0 Å². The van der Waals surface area contributed by atoms with Gasteiger partial charge in [0, 0.05) is 10.3 Å². The molecule has 96 valence electrons. The van der Waals surface area contributed by atoms with Crippen molar-refractivity contribution in [2.75, 3.05) is 7.05 Å². The van der Waals surface area contributed by atoms with Crippen LogP contribution in [0, 0.1) is 6.92 Å². The van der Waals surface area contributed by atoms with Gasteiger partial charge in [-0.25, -0.2) is 9.97 Å². The Morgan fingerprint density at radius 2 is 2.11 bits per heavy atom. The molecule has 0 saturated carbocycles. The highest BCUT2D eigenvalue weighted by Crippen LogP contribution is 2.32. The number of fused-ring (bicyclic) bond motifs is 1. The lowest BCUT2D eigenvalue weighted by molar-refractivity contribution is 0.652. The van der Waals surface area contributed by atoms with Crippen molar-refractivity contribution in [1.29, 1.82) is 0 Å². The summed E-state index contributed by atoms with van der Waals surface area (Å²) in [4.78, 5) is 10.9. The van der Waals surface area contributed by atoms with E-state index < -0.39 is 0 Å². The molecule has 18 heavy (non-hydrogen) atoms. The second kappa shape index (κ2) is 5.07. The Morgan fingerprint density at radius 1 is 1.28 bits per heavy atom. The SMILES string of the molecule is CNC(c1csc(C)n1)c1nc2c(s1)CCCC2. The second-order valence-corrected chi connectivity index (χ2v) is 6.82. The van der Waals surface area contributed by atoms with Crippen LogP contribution in [-0.2, 0) is 12.8 Å². The van der Waals surface area contributed by atoms with E-state index in [-0.39, 0.29) is 6.04 Å². The number of rotatable bonds is 3. The number of aryl methyl sites for hydroxylation is 3. The van der Waals surface area contributed by atoms with Crippen LogP contribution in [0.25, 0.3) is 0 Å². The minimum Gasteiger partial charge on any atom is -0.306 e. The molecule has 0 fully saturated rings. The average molecular weight is 279 g/mol. The van der Waals surface area contributed by atoms with Crippen LogP contribution >= 0.6 is 22.7 Å². The molecule has 1 aliphatic carbocycles. The largest absolute Gasteiger partial charge is 0.306 e. The first-order valence-corrected chi connectivity index (χ1v) is 8.05. The lowest BCUT2D eigenvalue weighted by Crippen LogP contribution is -2.18. The number of hydrogen-bond acceptors (Lipinski definition) is 5. The van der Waals surface area contributed by atoms with Crippen molar-refractivity contribution in [2.24, 2.45) is 0 Å². The highest BCUT2D eigenvalue weighted by atomic mass is 32.1. The Kier molecular flexibility index (Phi) is 3.46. The van der Waals surface area contributed by atoms with Gasteiger partial charge in [0.1, 0.15) is 11.0 Å². The van der Waals surface area contributed by atoms with Gasteiger partial charge in [-0.05, 0) is 39.7 Å². The molecular formula is C13H17N3S2. The summed E-state index contributed by atoms with van der Waals surface area (Å²) in [6.45, 7) is 2.05. The van der Waals surface area contributed by atoms with E-state index >= 15 is 0 Å². The lowest BCUT2D eigenvalue weighted by Gasteiger charge is -2.10. The third-order valence-corrected chi connectivity index (χ3v) is 5.34. The first-order valence-electron chi connectivity index (χ1n) is 6.35. The predicted molar refractivity (Wildman–Crippen MR) is 76.5 cm³/mol. The summed E-state index contributed by atoms with van der Waals surface area (Å²) in [7, 11) is 1.99. The molecule has 0 aliphatic heterocycles.